The Morgan fingerprint density at radius 1 is 1.29 bits per heavy atom. The zero-order valence-corrected chi connectivity index (χ0v) is 18.1. The van der Waals surface area contributed by atoms with Gasteiger partial charge in [0, 0.05) is 42.7 Å². The van der Waals surface area contributed by atoms with Gasteiger partial charge >= 0.3 is 0 Å². The second kappa shape index (κ2) is 9.41. The minimum atomic E-state index is 0.0182. The number of hydrogen-bond donors (Lipinski definition) is 1. The summed E-state index contributed by atoms with van der Waals surface area (Å²) in [5, 5.41) is 3.81. The first-order chi connectivity index (χ1) is 13.5. The lowest BCUT2D eigenvalue weighted by Gasteiger charge is -2.20. The Labute approximate surface area is 172 Å². The van der Waals surface area contributed by atoms with E-state index < -0.39 is 0 Å². The van der Waals surface area contributed by atoms with Crippen molar-refractivity contribution in [1.29, 1.82) is 0 Å². The van der Waals surface area contributed by atoms with Crippen molar-refractivity contribution < 1.29 is 4.79 Å². The molecule has 1 aromatic heterocycles. The third-order valence-corrected chi connectivity index (χ3v) is 5.99. The van der Waals surface area contributed by atoms with Crippen LogP contribution in [0, 0.1) is 19.8 Å². The van der Waals surface area contributed by atoms with E-state index in [4.69, 9.17) is 4.98 Å². The molecule has 1 saturated carbocycles. The predicted octanol–water partition coefficient (Wildman–Crippen LogP) is 4.37. The molecule has 0 radical (unpaired) electrons. The summed E-state index contributed by atoms with van der Waals surface area (Å²) in [6.07, 6.45) is 3.56. The van der Waals surface area contributed by atoms with E-state index in [1.807, 2.05) is 25.1 Å². The van der Waals surface area contributed by atoms with E-state index in [0.717, 1.165) is 58.6 Å². The quantitative estimate of drug-likeness (QED) is 0.502. The number of thioether (sulfide) groups is 1. The summed E-state index contributed by atoms with van der Waals surface area (Å²) in [6.45, 7) is 8.05. The molecule has 1 N–H and O–H groups in total. The van der Waals surface area contributed by atoms with Crippen LogP contribution in [0.3, 0.4) is 0 Å². The van der Waals surface area contributed by atoms with Gasteiger partial charge in [0.2, 0.25) is 0 Å². The van der Waals surface area contributed by atoms with Crippen LogP contribution >= 0.6 is 11.8 Å². The Balaban J connectivity index is 1.66. The van der Waals surface area contributed by atoms with E-state index >= 15 is 0 Å². The maximum atomic E-state index is 12.3. The molecule has 1 aromatic carbocycles. The fraction of sp³-hybridized carbons (Fsp3) is 0.500. The summed E-state index contributed by atoms with van der Waals surface area (Å²) >= 11 is 1.61. The van der Waals surface area contributed by atoms with Crippen molar-refractivity contribution in [3.05, 3.63) is 46.6 Å². The molecule has 1 amide bonds. The largest absolute Gasteiger partial charge is 0.359 e. The molecule has 0 bridgehead atoms. The summed E-state index contributed by atoms with van der Waals surface area (Å²) in [5.74, 6) is 2.45. The molecule has 0 saturated heterocycles. The highest BCUT2D eigenvalue weighted by molar-refractivity contribution is 7.98. The highest BCUT2D eigenvalue weighted by atomic mass is 32.2. The third-order valence-electron chi connectivity index (χ3n) is 5.07. The van der Waals surface area contributed by atoms with Gasteiger partial charge in [0.15, 0.2) is 5.16 Å². The van der Waals surface area contributed by atoms with E-state index in [1.165, 1.54) is 12.8 Å². The molecule has 28 heavy (non-hydrogen) atoms. The molecule has 2 aromatic rings. The van der Waals surface area contributed by atoms with Crippen LogP contribution in [0.4, 0.5) is 5.82 Å². The number of rotatable bonds is 9. The van der Waals surface area contributed by atoms with Crippen LogP contribution in [-0.4, -0.2) is 36.0 Å². The fourth-order valence-electron chi connectivity index (χ4n) is 3.08. The Morgan fingerprint density at radius 2 is 2.07 bits per heavy atom. The zero-order chi connectivity index (χ0) is 20.1. The van der Waals surface area contributed by atoms with Gasteiger partial charge in [-0.3, -0.25) is 4.79 Å². The van der Waals surface area contributed by atoms with Crippen LogP contribution in [-0.2, 0) is 5.75 Å². The van der Waals surface area contributed by atoms with E-state index in [2.05, 4.69) is 42.2 Å². The summed E-state index contributed by atoms with van der Waals surface area (Å²) in [6, 6.07) is 7.85. The Bertz CT molecular complexity index is 835. The van der Waals surface area contributed by atoms with Crippen LogP contribution in [0.25, 0.3) is 0 Å². The smallest absolute Gasteiger partial charge is 0.251 e. The molecule has 3 rings (SSSR count). The van der Waals surface area contributed by atoms with Gasteiger partial charge in [0.1, 0.15) is 5.82 Å². The van der Waals surface area contributed by atoms with Gasteiger partial charge in [-0.2, -0.15) is 0 Å². The molecule has 0 spiro atoms. The van der Waals surface area contributed by atoms with Gasteiger partial charge < -0.3 is 10.2 Å². The Kier molecular flexibility index (Phi) is 6.94. The Hall–Kier alpha value is -2.08. The molecule has 1 aliphatic carbocycles. The number of carbonyl (C=O) groups excluding carboxylic acids is 1. The van der Waals surface area contributed by atoms with Crippen molar-refractivity contribution in [3.8, 4) is 0 Å². The molecule has 0 aliphatic heterocycles. The highest BCUT2D eigenvalue weighted by Crippen LogP contribution is 2.28. The van der Waals surface area contributed by atoms with Crippen LogP contribution in [0.2, 0.25) is 0 Å². The molecule has 1 aliphatic rings. The van der Waals surface area contributed by atoms with Crippen LogP contribution < -0.4 is 10.2 Å². The number of carbonyl (C=O) groups is 1. The van der Waals surface area contributed by atoms with Crippen molar-refractivity contribution in [1.82, 2.24) is 15.3 Å². The van der Waals surface area contributed by atoms with E-state index in [-0.39, 0.29) is 5.91 Å². The number of benzene rings is 1. The normalized spacial score (nSPS) is 13.4. The monoisotopic (exact) mass is 398 g/mol. The fourth-order valence-corrected chi connectivity index (χ4v) is 3.91. The number of nitrogens with zero attached hydrogens (tertiary/aromatic N) is 3. The molecular weight excluding hydrogens is 368 g/mol. The van der Waals surface area contributed by atoms with E-state index in [0.29, 0.717) is 5.92 Å². The van der Waals surface area contributed by atoms with Gasteiger partial charge in [0.05, 0.1) is 0 Å². The maximum Gasteiger partial charge on any atom is 0.251 e. The lowest BCUT2D eigenvalue weighted by molar-refractivity contribution is 0.0951. The summed E-state index contributed by atoms with van der Waals surface area (Å²) in [5.41, 5.74) is 3.98. The predicted molar refractivity (Wildman–Crippen MR) is 116 cm³/mol. The molecule has 5 nitrogen and oxygen atoms in total. The minimum absolute atomic E-state index is 0.0182. The van der Waals surface area contributed by atoms with Crippen molar-refractivity contribution in [2.24, 2.45) is 5.92 Å². The van der Waals surface area contributed by atoms with E-state index in [1.54, 1.807) is 11.8 Å². The first kappa shape index (κ1) is 20.6. The molecule has 1 fully saturated rings. The number of amides is 1. The lowest BCUT2D eigenvalue weighted by Crippen LogP contribution is -2.25. The molecule has 1 heterocycles. The maximum absolute atomic E-state index is 12.3. The molecule has 0 atom stereocenters. The van der Waals surface area contributed by atoms with Crippen LogP contribution in [0.15, 0.2) is 29.4 Å². The SMILES string of the molecule is CCCN(C)c1nc(SCc2cccc(C(=O)NCC3CC3)c2)nc(C)c1C. The van der Waals surface area contributed by atoms with E-state index in [9.17, 15) is 4.79 Å². The Morgan fingerprint density at radius 3 is 2.79 bits per heavy atom. The van der Waals surface area contributed by atoms with Gasteiger partial charge in [-0.15, -0.1) is 0 Å². The molecule has 150 valence electrons. The van der Waals surface area contributed by atoms with Crippen molar-refractivity contribution in [2.45, 2.75) is 50.9 Å². The van der Waals surface area contributed by atoms with Gasteiger partial charge in [-0.25, -0.2) is 9.97 Å². The average molecular weight is 399 g/mol. The lowest BCUT2D eigenvalue weighted by atomic mass is 10.1. The standard InChI is InChI=1S/C22H30N4OS/c1-5-11-26(4)20-15(2)16(3)24-22(25-20)28-14-18-7-6-8-19(12-18)21(27)23-13-17-9-10-17/h6-8,12,17H,5,9-11,13-14H2,1-4H3,(H,23,27). The second-order valence-electron chi connectivity index (χ2n) is 7.60. The molecule has 0 unspecified atom stereocenters. The van der Waals surface area contributed by atoms with Crippen molar-refractivity contribution >= 4 is 23.5 Å². The third kappa shape index (κ3) is 5.47. The number of nitrogens with one attached hydrogen (secondary N) is 1. The van der Waals surface area contributed by atoms with Gasteiger partial charge in [0.25, 0.3) is 5.91 Å². The van der Waals surface area contributed by atoms with Crippen molar-refractivity contribution in [3.63, 3.8) is 0 Å². The van der Waals surface area contributed by atoms with Gasteiger partial charge in [-0.1, -0.05) is 30.8 Å². The number of aryl methyl sites for hydroxylation is 1. The minimum Gasteiger partial charge on any atom is -0.359 e. The molecule has 6 heteroatoms. The second-order valence-corrected chi connectivity index (χ2v) is 8.55. The number of aromatic nitrogens is 2. The summed E-state index contributed by atoms with van der Waals surface area (Å²) < 4.78 is 0. The summed E-state index contributed by atoms with van der Waals surface area (Å²) in [4.78, 5) is 23.9. The zero-order valence-electron chi connectivity index (χ0n) is 17.3. The first-order valence-electron chi connectivity index (χ1n) is 10.0. The van der Waals surface area contributed by atoms with Crippen molar-refractivity contribution in [2.75, 3.05) is 25.0 Å². The number of hydrogen-bond acceptors (Lipinski definition) is 5. The van der Waals surface area contributed by atoms with Crippen LogP contribution in [0.5, 0.6) is 0 Å². The average Bonchev–Trinajstić information content (AvgIpc) is 3.51. The van der Waals surface area contributed by atoms with Gasteiger partial charge in [-0.05, 0) is 56.7 Å². The highest BCUT2D eigenvalue weighted by Gasteiger charge is 2.21. The number of anilines is 1. The summed E-state index contributed by atoms with van der Waals surface area (Å²) in [7, 11) is 2.08. The van der Waals surface area contributed by atoms with Crippen LogP contribution in [0.1, 0.15) is 53.4 Å². The topological polar surface area (TPSA) is 58.1 Å². The first-order valence-corrected chi connectivity index (χ1v) is 11.0. The molecular formula is C22H30N4OS.